The summed E-state index contributed by atoms with van der Waals surface area (Å²) in [7, 11) is 3.27. The lowest BCUT2D eigenvalue weighted by atomic mass is 10.0. The van der Waals surface area contributed by atoms with Gasteiger partial charge in [0.05, 0.1) is 5.92 Å². The Morgan fingerprint density at radius 3 is 2.31 bits per heavy atom. The molecule has 0 rings (SSSR count). The van der Waals surface area contributed by atoms with Gasteiger partial charge < -0.3 is 16.0 Å². The molecule has 1 unspecified atom stereocenters. The van der Waals surface area contributed by atoms with E-state index in [9.17, 15) is 9.59 Å². The fourth-order valence-electron chi connectivity index (χ4n) is 1.37. The number of hydrogen-bond donors (Lipinski definition) is 2. The van der Waals surface area contributed by atoms with Crippen molar-refractivity contribution >= 4 is 11.8 Å². The van der Waals surface area contributed by atoms with E-state index in [1.54, 1.807) is 39.8 Å². The zero-order valence-electron chi connectivity index (χ0n) is 10.8. The van der Waals surface area contributed by atoms with Crippen molar-refractivity contribution in [3.05, 3.63) is 0 Å². The standard InChI is InChI=1S/C11H23N3O2/c1-8(10(16)13-4)7-14(5)9(15)6-11(2,3)12/h8H,6-7,12H2,1-5H3,(H,13,16). The van der Waals surface area contributed by atoms with Gasteiger partial charge in [0, 0.05) is 32.6 Å². The highest BCUT2D eigenvalue weighted by Crippen LogP contribution is 2.07. The summed E-state index contributed by atoms with van der Waals surface area (Å²) in [5.41, 5.74) is 5.25. The summed E-state index contributed by atoms with van der Waals surface area (Å²) in [4.78, 5) is 24.6. The van der Waals surface area contributed by atoms with Gasteiger partial charge in [-0.25, -0.2) is 0 Å². The second kappa shape index (κ2) is 5.84. The van der Waals surface area contributed by atoms with Crippen LogP contribution >= 0.6 is 0 Å². The van der Waals surface area contributed by atoms with Gasteiger partial charge in [0.25, 0.3) is 0 Å². The van der Waals surface area contributed by atoms with Gasteiger partial charge in [-0.2, -0.15) is 0 Å². The Kier molecular flexibility index (Phi) is 5.44. The number of amides is 2. The lowest BCUT2D eigenvalue weighted by Gasteiger charge is -2.25. The molecule has 3 N–H and O–H groups in total. The van der Waals surface area contributed by atoms with Gasteiger partial charge in [0.15, 0.2) is 0 Å². The van der Waals surface area contributed by atoms with E-state index < -0.39 is 5.54 Å². The summed E-state index contributed by atoms with van der Waals surface area (Å²) in [5, 5.41) is 2.56. The molecule has 0 aromatic rings. The van der Waals surface area contributed by atoms with E-state index in [1.807, 2.05) is 0 Å². The van der Waals surface area contributed by atoms with E-state index in [1.165, 1.54) is 0 Å². The third kappa shape index (κ3) is 5.70. The average molecular weight is 229 g/mol. The summed E-state index contributed by atoms with van der Waals surface area (Å²) in [6, 6.07) is 0. The van der Waals surface area contributed by atoms with Crippen molar-refractivity contribution < 1.29 is 9.59 Å². The maximum Gasteiger partial charge on any atom is 0.224 e. The van der Waals surface area contributed by atoms with Crippen molar-refractivity contribution in [3.63, 3.8) is 0 Å². The van der Waals surface area contributed by atoms with E-state index in [2.05, 4.69) is 5.32 Å². The van der Waals surface area contributed by atoms with Gasteiger partial charge in [-0.05, 0) is 13.8 Å². The second-order valence-electron chi connectivity index (χ2n) is 4.95. The van der Waals surface area contributed by atoms with Crippen molar-refractivity contribution in [2.24, 2.45) is 11.7 Å². The number of carbonyl (C=O) groups excluding carboxylic acids is 2. The predicted octanol–water partition coefficient (Wildman–Crippen LogP) is -0.0457. The molecule has 2 amide bonds. The van der Waals surface area contributed by atoms with Crippen molar-refractivity contribution in [1.82, 2.24) is 10.2 Å². The zero-order valence-corrected chi connectivity index (χ0v) is 10.8. The smallest absolute Gasteiger partial charge is 0.224 e. The minimum absolute atomic E-state index is 0.0387. The summed E-state index contributed by atoms with van der Waals surface area (Å²) in [6.45, 7) is 5.81. The molecule has 0 saturated heterocycles. The van der Waals surface area contributed by atoms with Gasteiger partial charge in [0.1, 0.15) is 0 Å². The van der Waals surface area contributed by atoms with Crippen LogP contribution in [0.2, 0.25) is 0 Å². The largest absolute Gasteiger partial charge is 0.359 e. The van der Waals surface area contributed by atoms with E-state index >= 15 is 0 Å². The molecule has 0 aromatic carbocycles. The van der Waals surface area contributed by atoms with Crippen LogP contribution in [0.1, 0.15) is 27.2 Å². The first-order chi connectivity index (χ1) is 7.17. The van der Waals surface area contributed by atoms with E-state index in [-0.39, 0.29) is 24.2 Å². The Morgan fingerprint density at radius 1 is 1.44 bits per heavy atom. The Morgan fingerprint density at radius 2 is 1.94 bits per heavy atom. The minimum atomic E-state index is -0.512. The molecule has 0 aliphatic heterocycles. The van der Waals surface area contributed by atoms with Crippen LogP contribution in [0, 0.1) is 5.92 Å². The number of nitrogens with zero attached hydrogens (tertiary/aromatic N) is 1. The quantitative estimate of drug-likeness (QED) is 0.694. The van der Waals surface area contributed by atoms with Gasteiger partial charge >= 0.3 is 0 Å². The first-order valence-corrected chi connectivity index (χ1v) is 5.42. The fourth-order valence-corrected chi connectivity index (χ4v) is 1.37. The Labute approximate surface area is 97.4 Å². The molecule has 0 saturated carbocycles. The number of rotatable bonds is 5. The third-order valence-electron chi connectivity index (χ3n) is 2.27. The number of nitrogens with one attached hydrogen (secondary N) is 1. The molecule has 5 heteroatoms. The molecule has 0 radical (unpaired) electrons. The molecule has 0 bridgehead atoms. The highest BCUT2D eigenvalue weighted by molar-refractivity contribution is 5.80. The third-order valence-corrected chi connectivity index (χ3v) is 2.27. The van der Waals surface area contributed by atoms with Crippen LogP contribution in [0.5, 0.6) is 0 Å². The molecular formula is C11H23N3O2. The summed E-state index contributed by atoms with van der Waals surface area (Å²) in [5.74, 6) is -0.310. The van der Waals surface area contributed by atoms with Crippen LogP contribution in [0.15, 0.2) is 0 Å². The van der Waals surface area contributed by atoms with Crippen molar-refractivity contribution in [3.8, 4) is 0 Å². The first kappa shape index (κ1) is 14.9. The highest BCUT2D eigenvalue weighted by atomic mass is 16.2. The Hall–Kier alpha value is -1.10. The normalized spacial score (nSPS) is 13.1. The van der Waals surface area contributed by atoms with E-state index in [0.717, 1.165) is 0 Å². The molecule has 5 nitrogen and oxygen atoms in total. The number of nitrogens with two attached hydrogens (primary N) is 1. The summed E-state index contributed by atoms with van der Waals surface area (Å²) < 4.78 is 0. The van der Waals surface area contributed by atoms with E-state index in [0.29, 0.717) is 6.54 Å². The molecular weight excluding hydrogens is 206 g/mol. The Bertz CT molecular complexity index is 258. The summed E-state index contributed by atoms with van der Waals surface area (Å²) >= 11 is 0. The van der Waals surface area contributed by atoms with Crippen molar-refractivity contribution in [1.29, 1.82) is 0 Å². The zero-order chi connectivity index (χ0) is 12.9. The molecule has 0 aliphatic carbocycles. The SMILES string of the molecule is CNC(=O)C(C)CN(C)C(=O)CC(C)(C)N. The maximum atomic E-state index is 11.7. The molecule has 0 spiro atoms. The van der Waals surface area contributed by atoms with Crippen LogP contribution in [-0.4, -0.2) is 42.9 Å². The topological polar surface area (TPSA) is 75.4 Å². The van der Waals surface area contributed by atoms with Gasteiger partial charge in [0.2, 0.25) is 11.8 Å². The maximum absolute atomic E-state index is 11.7. The Balaban J connectivity index is 4.21. The monoisotopic (exact) mass is 229 g/mol. The molecule has 0 aliphatic rings. The van der Waals surface area contributed by atoms with Gasteiger partial charge in [-0.1, -0.05) is 6.92 Å². The molecule has 1 atom stereocenters. The molecule has 0 heterocycles. The minimum Gasteiger partial charge on any atom is -0.359 e. The highest BCUT2D eigenvalue weighted by Gasteiger charge is 2.22. The van der Waals surface area contributed by atoms with Crippen LogP contribution in [-0.2, 0) is 9.59 Å². The van der Waals surface area contributed by atoms with Crippen LogP contribution in [0.4, 0.5) is 0 Å². The van der Waals surface area contributed by atoms with E-state index in [4.69, 9.17) is 5.73 Å². The molecule has 94 valence electrons. The summed E-state index contributed by atoms with van der Waals surface area (Å²) in [6.07, 6.45) is 0.282. The number of carbonyl (C=O) groups is 2. The van der Waals surface area contributed by atoms with Crippen molar-refractivity contribution in [2.75, 3.05) is 20.6 Å². The lowest BCUT2D eigenvalue weighted by Crippen LogP contribution is -2.42. The first-order valence-electron chi connectivity index (χ1n) is 5.42. The van der Waals surface area contributed by atoms with Crippen LogP contribution < -0.4 is 11.1 Å². The molecule has 0 aromatic heterocycles. The van der Waals surface area contributed by atoms with Crippen LogP contribution in [0.25, 0.3) is 0 Å². The van der Waals surface area contributed by atoms with Crippen LogP contribution in [0.3, 0.4) is 0 Å². The lowest BCUT2D eigenvalue weighted by molar-refractivity contribution is -0.132. The molecule has 0 fully saturated rings. The number of hydrogen-bond acceptors (Lipinski definition) is 3. The average Bonchev–Trinajstić information content (AvgIpc) is 2.13. The van der Waals surface area contributed by atoms with Crippen molar-refractivity contribution in [2.45, 2.75) is 32.7 Å². The molecule has 16 heavy (non-hydrogen) atoms. The second-order valence-corrected chi connectivity index (χ2v) is 4.95. The predicted molar refractivity (Wildman–Crippen MR) is 63.8 cm³/mol. The fraction of sp³-hybridized carbons (Fsp3) is 0.818. The van der Waals surface area contributed by atoms with Gasteiger partial charge in [-0.15, -0.1) is 0 Å². The van der Waals surface area contributed by atoms with Gasteiger partial charge in [-0.3, -0.25) is 9.59 Å².